The van der Waals surface area contributed by atoms with E-state index in [0.29, 0.717) is 5.56 Å². The normalized spacial score (nSPS) is 11.7. The number of aromatic hydroxyl groups is 1. The molecule has 0 aromatic heterocycles. The molecule has 0 bridgehead atoms. The first kappa shape index (κ1) is 11.0. The van der Waals surface area contributed by atoms with Gasteiger partial charge in [-0.2, -0.15) is 0 Å². The van der Waals surface area contributed by atoms with Crippen LogP contribution in [0.1, 0.15) is 5.56 Å². The maximum Gasteiger partial charge on any atom is 0.345 e. The van der Waals surface area contributed by atoms with Crippen LogP contribution in [0.2, 0.25) is 0 Å². The minimum absolute atomic E-state index is 0.0302. The second-order valence-corrected chi connectivity index (χ2v) is 2.93. The third-order valence-corrected chi connectivity index (χ3v) is 1.83. The summed E-state index contributed by atoms with van der Waals surface area (Å²) in [5.41, 5.74) is 0.587. The number of phenols is 1. The van der Waals surface area contributed by atoms with Crippen LogP contribution in [0.5, 0.6) is 5.75 Å². The van der Waals surface area contributed by atoms with Gasteiger partial charge in [-0.1, -0.05) is 12.1 Å². The number of rotatable bonds is 5. The number of carboxylic acids is 1. The van der Waals surface area contributed by atoms with Crippen molar-refractivity contribution in [2.45, 2.75) is 12.5 Å². The molecule has 2 N–H and O–H groups in total. The largest absolute Gasteiger partial charge is 0.508 e. The molecule has 0 aliphatic rings. The lowest BCUT2D eigenvalue weighted by Crippen LogP contribution is -2.25. The van der Waals surface area contributed by atoms with Crippen molar-refractivity contribution in [3.63, 3.8) is 0 Å². The molecule has 0 heterocycles. The maximum atomic E-state index is 10.6. The van der Waals surface area contributed by atoms with Gasteiger partial charge in [0.2, 0.25) is 6.10 Å². The van der Waals surface area contributed by atoms with Crippen LogP contribution in [0.4, 0.5) is 0 Å². The molecule has 0 saturated heterocycles. The van der Waals surface area contributed by atoms with E-state index in [1.54, 1.807) is 12.1 Å². The highest BCUT2D eigenvalue weighted by Gasteiger charge is 2.18. The van der Waals surface area contributed by atoms with Gasteiger partial charge in [0.25, 0.3) is 6.47 Å². The molecular formula is C10H10O5. The molecule has 5 heteroatoms. The first-order chi connectivity index (χ1) is 7.13. The lowest BCUT2D eigenvalue weighted by molar-refractivity contribution is -0.156. The van der Waals surface area contributed by atoms with Gasteiger partial charge in [0, 0.05) is 6.42 Å². The molecule has 80 valence electrons. The second-order valence-electron chi connectivity index (χ2n) is 2.93. The Morgan fingerprint density at radius 1 is 1.53 bits per heavy atom. The van der Waals surface area contributed by atoms with E-state index in [1.165, 1.54) is 12.1 Å². The lowest BCUT2D eigenvalue weighted by Gasteiger charge is -2.10. The summed E-state index contributed by atoms with van der Waals surface area (Å²) in [6.07, 6.45) is -1.19. The third-order valence-electron chi connectivity index (χ3n) is 1.83. The SMILES string of the molecule is O=COC(Cc1cccc(O)c1)C(=O)O. The van der Waals surface area contributed by atoms with E-state index in [4.69, 9.17) is 10.2 Å². The molecule has 0 amide bonds. The molecule has 15 heavy (non-hydrogen) atoms. The van der Waals surface area contributed by atoms with Crippen molar-refractivity contribution in [2.75, 3.05) is 0 Å². The number of carbonyl (C=O) groups is 2. The predicted molar refractivity (Wildman–Crippen MR) is 50.4 cm³/mol. The standard InChI is InChI=1S/C10H10O5/c11-6-15-9(10(13)14)5-7-2-1-3-8(12)4-7/h1-4,6,9,12H,5H2,(H,13,14). The first-order valence-electron chi connectivity index (χ1n) is 4.23. The molecule has 1 aromatic rings. The number of ether oxygens (including phenoxy) is 1. The predicted octanol–water partition coefficient (Wildman–Crippen LogP) is 0.561. The molecule has 0 spiro atoms. The Morgan fingerprint density at radius 2 is 2.27 bits per heavy atom. The van der Waals surface area contributed by atoms with Crippen LogP contribution in [0.15, 0.2) is 24.3 Å². The number of aliphatic carboxylic acids is 1. The number of carboxylic acid groups (broad SMARTS) is 1. The fraction of sp³-hybridized carbons (Fsp3) is 0.200. The summed E-state index contributed by atoms with van der Waals surface area (Å²) in [4.78, 5) is 20.7. The molecule has 0 aliphatic heterocycles. The number of hydrogen-bond acceptors (Lipinski definition) is 4. The molecule has 1 rings (SSSR count). The Morgan fingerprint density at radius 3 is 2.80 bits per heavy atom. The molecule has 5 nitrogen and oxygen atoms in total. The van der Waals surface area contributed by atoms with Crippen molar-refractivity contribution in [3.8, 4) is 5.75 Å². The van der Waals surface area contributed by atoms with Gasteiger partial charge in [-0.15, -0.1) is 0 Å². The first-order valence-corrected chi connectivity index (χ1v) is 4.23. The summed E-state index contributed by atoms with van der Waals surface area (Å²) in [7, 11) is 0. The van der Waals surface area contributed by atoms with Crippen molar-refractivity contribution < 1.29 is 24.5 Å². The number of benzene rings is 1. The van der Waals surface area contributed by atoms with E-state index in [9.17, 15) is 9.59 Å². The van der Waals surface area contributed by atoms with Crippen molar-refractivity contribution in [3.05, 3.63) is 29.8 Å². The van der Waals surface area contributed by atoms with Crippen molar-refractivity contribution in [2.24, 2.45) is 0 Å². The van der Waals surface area contributed by atoms with E-state index in [2.05, 4.69) is 4.74 Å². The summed E-state index contributed by atoms with van der Waals surface area (Å²) in [6, 6.07) is 6.12. The number of phenolic OH excluding ortho intramolecular Hbond substituents is 1. The number of hydrogen-bond donors (Lipinski definition) is 2. The highest BCUT2D eigenvalue weighted by Crippen LogP contribution is 2.13. The summed E-state index contributed by atoms with van der Waals surface area (Å²) < 4.78 is 4.39. The van der Waals surface area contributed by atoms with Gasteiger partial charge in [0.1, 0.15) is 5.75 Å². The summed E-state index contributed by atoms with van der Waals surface area (Å²) in [6.45, 7) is 0.0988. The minimum Gasteiger partial charge on any atom is -0.508 e. The quantitative estimate of drug-likeness (QED) is 0.694. The van der Waals surface area contributed by atoms with E-state index < -0.39 is 12.1 Å². The van der Waals surface area contributed by atoms with Crippen molar-refractivity contribution >= 4 is 12.4 Å². The van der Waals surface area contributed by atoms with E-state index >= 15 is 0 Å². The Labute approximate surface area is 85.9 Å². The molecule has 1 aromatic carbocycles. The molecule has 1 atom stereocenters. The van der Waals surface area contributed by atoms with E-state index in [-0.39, 0.29) is 18.6 Å². The van der Waals surface area contributed by atoms with Crippen molar-refractivity contribution in [1.29, 1.82) is 0 Å². The van der Waals surface area contributed by atoms with Gasteiger partial charge >= 0.3 is 5.97 Å². The van der Waals surface area contributed by atoms with Crippen LogP contribution >= 0.6 is 0 Å². The molecule has 0 radical (unpaired) electrons. The van der Waals surface area contributed by atoms with Gasteiger partial charge in [-0.05, 0) is 17.7 Å². The number of carbonyl (C=O) groups excluding carboxylic acids is 1. The van der Waals surface area contributed by atoms with Gasteiger partial charge in [0.05, 0.1) is 0 Å². The monoisotopic (exact) mass is 210 g/mol. The Kier molecular flexibility index (Phi) is 3.68. The van der Waals surface area contributed by atoms with Crippen LogP contribution in [0.3, 0.4) is 0 Å². The van der Waals surface area contributed by atoms with Crippen LogP contribution in [0, 0.1) is 0 Å². The molecule has 0 fully saturated rings. The third kappa shape index (κ3) is 3.30. The fourth-order valence-electron chi connectivity index (χ4n) is 1.16. The average Bonchev–Trinajstić information content (AvgIpc) is 2.17. The van der Waals surface area contributed by atoms with Gasteiger partial charge in [-0.25, -0.2) is 4.79 Å². The fourth-order valence-corrected chi connectivity index (χ4v) is 1.16. The molecule has 1 unspecified atom stereocenters. The zero-order chi connectivity index (χ0) is 11.3. The zero-order valence-corrected chi connectivity index (χ0v) is 7.79. The summed E-state index contributed by atoms with van der Waals surface area (Å²) >= 11 is 0. The van der Waals surface area contributed by atoms with Gasteiger partial charge < -0.3 is 14.9 Å². The van der Waals surface area contributed by atoms with E-state index in [1.807, 2.05) is 0 Å². The van der Waals surface area contributed by atoms with Gasteiger partial charge in [-0.3, -0.25) is 4.79 Å². The van der Waals surface area contributed by atoms with Crippen LogP contribution < -0.4 is 0 Å². The lowest BCUT2D eigenvalue weighted by atomic mass is 10.1. The van der Waals surface area contributed by atoms with Crippen LogP contribution in [-0.2, 0) is 20.7 Å². The maximum absolute atomic E-state index is 10.6. The Balaban J connectivity index is 2.73. The van der Waals surface area contributed by atoms with Crippen LogP contribution in [0.25, 0.3) is 0 Å². The second kappa shape index (κ2) is 4.99. The molecule has 0 saturated carbocycles. The highest BCUT2D eigenvalue weighted by molar-refractivity contribution is 5.74. The highest BCUT2D eigenvalue weighted by atomic mass is 16.5. The van der Waals surface area contributed by atoms with Gasteiger partial charge in [0.15, 0.2) is 0 Å². The topological polar surface area (TPSA) is 83.8 Å². The molecular weight excluding hydrogens is 200 g/mol. The molecule has 0 aliphatic carbocycles. The van der Waals surface area contributed by atoms with Crippen LogP contribution in [-0.4, -0.2) is 28.8 Å². The smallest absolute Gasteiger partial charge is 0.345 e. The summed E-state index contributed by atoms with van der Waals surface area (Å²) in [5, 5.41) is 17.8. The Hall–Kier alpha value is -2.04. The average molecular weight is 210 g/mol. The van der Waals surface area contributed by atoms with Crippen molar-refractivity contribution in [1.82, 2.24) is 0 Å². The Bertz CT molecular complexity index is 361. The summed E-state index contributed by atoms with van der Waals surface area (Å²) in [5.74, 6) is -1.17. The van der Waals surface area contributed by atoms with E-state index in [0.717, 1.165) is 0 Å². The zero-order valence-electron chi connectivity index (χ0n) is 7.79. The minimum atomic E-state index is -1.22.